The Morgan fingerprint density at radius 2 is 1.85 bits per heavy atom. The largest absolute Gasteiger partial charge is 0.479 e. The Hall–Kier alpha value is -3.58. The van der Waals surface area contributed by atoms with Gasteiger partial charge in [-0.3, -0.25) is 14.5 Å². The van der Waals surface area contributed by atoms with Gasteiger partial charge in [0.2, 0.25) is 12.1 Å². The smallest absolute Gasteiger partial charge is 0.435 e. The molecule has 0 saturated carbocycles. The molecule has 2 aliphatic heterocycles. The number of ether oxygens (including phenoxy) is 2. The van der Waals surface area contributed by atoms with Crippen LogP contribution in [0.25, 0.3) is 0 Å². The number of esters is 1. The van der Waals surface area contributed by atoms with Crippen molar-refractivity contribution in [3.05, 3.63) is 68.4 Å². The summed E-state index contributed by atoms with van der Waals surface area (Å²) in [4.78, 5) is 36.3. The van der Waals surface area contributed by atoms with Crippen LogP contribution in [-0.2, 0) is 29.5 Å². The molecule has 4 rings (SSSR count). The topological polar surface area (TPSA) is 99.0 Å². The van der Waals surface area contributed by atoms with Crippen LogP contribution in [0.15, 0.2) is 40.6 Å². The van der Waals surface area contributed by atoms with Gasteiger partial charge in [0.15, 0.2) is 12.5 Å². The molecule has 41 heavy (non-hydrogen) atoms. The molecule has 2 aromatic carbocycles. The van der Waals surface area contributed by atoms with Gasteiger partial charge < -0.3 is 19.1 Å². The predicted molar refractivity (Wildman–Crippen MR) is 139 cm³/mol. The molecule has 0 N–H and O–H groups in total. The van der Waals surface area contributed by atoms with Crippen molar-refractivity contribution in [1.82, 2.24) is 4.90 Å². The molecule has 2 heterocycles. The van der Waals surface area contributed by atoms with E-state index < -0.39 is 64.5 Å². The van der Waals surface area contributed by atoms with E-state index >= 15 is 0 Å². The van der Waals surface area contributed by atoms with Gasteiger partial charge in [0.05, 0.1) is 28.8 Å². The van der Waals surface area contributed by atoms with Crippen molar-refractivity contribution in [2.24, 2.45) is 10.3 Å². The molecule has 0 radical (unpaired) electrons. The maximum atomic E-state index is 14.4. The van der Waals surface area contributed by atoms with Gasteiger partial charge in [0.25, 0.3) is 11.5 Å². The maximum Gasteiger partial charge on any atom is 0.435 e. The number of benzene rings is 2. The van der Waals surface area contributed by atoms with Crippen LogP contribution < -0.4 is 0 Å². The van der Waals surface area contributed by atoms with Crippen molar-refractivity contribution in [3.8, 4) is 0 Å². The summed E-state index contributed by atoms with van der Waals surface area (Å²) in [5.74, 6) is -2.01. The predicted octanol–water partition coefficient (Wildman–Crippen LogP) is 6.08. The second-order valence-electron chi connectivity index (χ2n) is 9.14. The molecule has 0 bridgehead atoms. The lowest BCUT2D eigenvalue weighted by molar-refractivity contribution is -0.275. The molecule has 0 saturated heterocycles. The number of hydrogen-bond donors (Lipinski definition) is 0. The van der Waals surface area contributed by atoms with Crippen molar-refractivity contribution in [2.75, 3.05) is 13.3 Å². The van der Waals surface area contributed by atoms with Crippen molar-refractivity contribution < 1.29 is 46.3 Å². The van der Waals surface area contributed by atoms with E-state index in [0.717, 1.165) is 17.0 Å². The average molecular weight is 620 g/mol. The number of hydrogen-bond acceptors (Lipinski definition) is 8. The Labute approximate surface area is 241 Å². The number of carbonyl (C=O) groups excluding carboxylic acids is 2. The van der Waals surface area contributed by atoms with Crippen LogP contribution in [-0.4, -0.2) is 54.1 Å². The summed E-state index contributed by atoms with van der Waals surface area (Å²) in [6.07, 6.45) is -6.55. The second kappa shape index (κ2) is 11.7. The lowest BCUT2D eigenvalue weighted by Crippen LogP contribution is -2.43. The van der Waals surface area contributed by atoms with E-state index in [1.54, 1.807) is 13.8 Å². The SMILES string of the molecule is CCOC1=NOC(N(COC(C)=O)C(=O)c2ccc(C3=NO[C@@](c4cc(Cl)c(F)c(Cl)c4)(C(F)(F)F)C3)cc2C)C1. The third-order valence-electron chi connectivity index (χ3n) is 6.38. The third-order valence-corrected chi connectivity index (χ3v) is 6.93. The molecule has 0 fully saturated rings. The first kappa shape index (κ1) is 30.4. The highest BCUT2D eigenvalue weighted by atomic mass is 35.5. The third kappa shape index (κ3) is 6.05. The lowest BCUT2D eigenvalue weighted by atomic mass is 9.86. The van der Waals surface area contributed by atoms with E-state index in [1.165, 1.54) is 25.1 Å². The minimum Gasteiger partial charge on any atom is -0.479 e. The fraction of sp³-hybridized carbons (Fsp3) is 0.385. The fourth-order valence-corrected chi connectivity index (χ4v) is 4.77. The average Bonchev–Trinajstić information content (AvgIpc) is 3.55. The minimum atomic E-state index is -4.98. The Bertz CT molecular complexity index is 1410. The molecular formula is C26H23Cl2F4N3O6. The van der Waals surface area contributed by atoms with Gasteiger partial charge in [-0.25, -0.2) is 4.39 Å². The highest BCUT2D eigenvalue weighted by Crippen LogP contribution is 2.50. The molecule has 2 atom stereocenters. The van der Waals surface area contributed by atoms with Crippen LogP contribution >= 0.6 is 23.2 Å². The summed E-state index contributed by atoms with van der Waals surface area (Å²) >= 11 is 11.5. The lowest BCUT2D eigenvalue weighted by Gasteiger charge is -2.29. The summed E-state index contributed by atoms with van der Waals surface area (Å²) in [6, 6.07) is 5.86. The molecule has 0 aromatic heterocycles. The summed E-state index contributed by atoms with van der Waals surface area (Å²) in [5, 5.41) is 6.28. The van der Waals surface area contributed by atoms with E-state index in [9.17, 15) is 27.2 Å². The molecule has 15 heteroatoms. The van der Waals surface area contributed by atoms with E-state index in [-0.39, 0.29) is 29.2 Å². The van der Waals surface area contributed by atoms with Gasteiger partial charge in [0.1, 0.15) is 0 Å². The number of rotatable bonds is 7. The normalized spacial score (nSPS) is 20.1. The monoisotopic (exact) mass is 619 g/mol. The summed E-state index contributed by atoms with van der Waals surface area (Å²) in [6.45, 7) is 4.40. The second-order valence-corrected chi connectivity index (χ2v) is 9.95. The van der Waals surface area contributed by atoms with Crippen LogP contribution in [0.3, 0.4) is 0 Å². The Morgan fingerprint density at radius 1 is 1.17 bits per heavy atom. The summed E-state index contributed by atoms with van der Waals surface area (Å²) in [5.41, 5.74) is -2.78. The highest BCUT2D eigenvalue weighted by Gasteiger charge is 2.62. The van der Waals surface area contributed by atoms with E-state index in [1.807, 2.05) is 0 Å². The van der Waals surface area contributed by atoms with Crippen molar-refractivity contribution >= 4 is 46.7 Å². The Balaban J connectivity index is 1.60. The number of amides is 1. The van der Waals surface area contributed by atoms with Crippen molar-refractivity contribution in [2.45, 2.75) is 51.6 Å². The number of alkyl halides is 3. The van der Waals surface area contributed by atoms with E-state index in [4.69, 9.17) is 42.4 Å². The van der Waals surface area contributed by atoms with E-state index in [2.05, 4.69) is 10.3 Å². The van der Waals surface area contributed by atoms with Crippen LogP contribution in [0.4, 0.5) is 17.6 Å². The van der Waals surface area contributed by atoms with Crippen LogP contribution in [0.1, 0.15) is 53.7 Å². The zero-order valence-corrected chi connectivity index (χ0v) is 23.4. The summed E-state index contributed by atoms with van der Waals surface area (Å²) < 4.78 is 67.3. The number of carbonyl (C=O) groups is 2. The Morgan fingerprint density at radius 3 is 2.44 bits per heavy atom. The van der Waals surface area contributed by atoms with Crippen LogP contribution in [0, 0.1) is 12.7 Å². The van der Waals surface area contributed by atoms with Gasteiger partial charge in [-0.05, 0) is 54.4 Å². The fourth-order valence-electron chi connectivity index (χ4n) is 4.28. The molecule has 0 spiro atoms. The molecule has 220 valence electrons. The molecule has 2 aromatic rings. The standard InChI is InChI=1S/C26H23Cl2F4N3O6/c1-4-38-21-10-22(40-34-21)35(12-39-14(3)36)24(37)17-6-5-15(7-13(17)2)20-11-25(41-33-20,26(30,31)32)16-8-18(27)23(29)19(28)9-16/h5-9,22H,4,10-12H2,1-3H3/t22?,25-/m0/s1. The van der Waals surface area contributed by atoms with Crippen molar-refractivity contribution in [1.29, 1.82) is 0 Å². The first-order chi connectivity index (χ1) is 19.3. The van der Waals surface area contributed by atoms with Gasteiger partial charge in [-0.2, -0.15) is 13.2 Å². The molecule has 1 amide bonds. The number of nitrogens with zero attached hydrogens (tertiary/aromatic N) is 3. The molecular weight excluding hydrogens is 597 g/mol. The molecule has 9 nitrogen and oxygen atoms in total. The number of oxime groups is 2. The van der Waals surface area contributed by atoms with Crippen LogP contribution in [0.5, 0.6) is 0 Å². The van der Waals surface area contributed by atoms with Gasteiger partial charge in [-0.15, -0.1) is 0 Å². The number of aryl methyl sites for hydroxylation is 1. The molecule has 0 aliphatic carbocycles. The van der Waals surface area contributed by atoms with Gasteiger partial charge >= 0.3 is 12.1 Å². The van der Waals surface area contributed by atoms with Gasteiger partial charge in [0, 0.05) is 24.5 Å². The quantitative estimate of drug-likeness (QED) is 0.161. The number of halogens is 6. The molecule has 1 unspecified atom stereocenters. The first-order valence-corrected chi connectivity index (χ1v) is 12.9. The zero-order chi connectivity index (χ0) is 30.1. The maximum absolute atomic E-state index is 14.4. The van der Waals surface area contributed by atoms with Gasteiger partial charge in [-0.1, -0.05) is 34.4 Å². The van der Waals surface area contributed by atoms with Crippen molar-refractivity contribution in [3.63, 3.8) is 0 Å². The summed E-state index contributed by atoms with van der Waals surface area (Å²) in [7, 11) is 0. The zero-order valence-electron chi connectivity index (χ0n) is 21.9. The minimum absolute atomic E-state index is 0.0772. The Kier molecular flexibility index (Phi) is 8.69. The van der Waals surface area contributed by atoms with Crippen LogP contribution in [0.2, 0.25) is 10.0 Å². The first-order valence-electron chi connectivity index (χ1n) is 12.1. The molecule has 2 aliphatic rings. The highest BCUT2D eigenvalue weighted by molar-refractivity contribution is 6.35. The van der Waals surface area contributed by atoms with E-state index in [0.29, 0.717) is 12.2 Å².